The molecular formula is C18H17N3O3S. The summed E-state index contributed by atoms with van der Waals surface area (Å²) in [5.41, 5.74) is 2.64. The monoisotopic (exact) mass is 355 g/mol. The maximum atomic E-state index is 11.9. The zero-order valence-electron chi connectivity index (χ0n) is 13.4. The summed E-state index contributed by atoms with van der Waals surface area (Å²) in [6, 6.07) is 11.3. The second kappa shape index (κ2) is 7.94. The highest BCUT2D eigenvalue weighted by atomic mass is 32.2. The van der Waals surface area contributed by atoms with Gasteiger partial charge in [-0.1, -0.05) is 36.0 Å². The van der Waals surface area contributed by atoms with Crippen LogP contribution >= 0.6 is 11.8 Å². The Morgan fingerprint density at radius 2 is 1.92 bits per heavy atom. The fourth-order valence-corrected chi connectivity index (χ4v) is 3.36. The number of amides is 3. The second-order valence-corrected chi connectivity index (χ2v) is 6.83. The number of aromatic nitrogens is 1. The van der Waals surface area contributed by atoms with Gasteiger partial charge in [0.2, 0.25) is 5.91 Å². The number of benzene rings is 1. The van der Waals surface area contributed by atoms with Crippen molar-refractivity contribution >= 4 is 28.8 Å². The molecule has 0 spiro atoms. The average molecular weight is 355 g/mol. The van der Waals surface area contributed by atoms with Gasteiger partial charge in [0.25, 0.3) is 11.1 Å². The third kappa shape index (κ3) is 4.67. The average Bonchev–Trinajstić information content (AvgIpc) is 2.94. The van der Waals surface area contributed by atoms with E-state index in [-0.39, 0.29) is 22.3 Å². The summed E-state index contributed by atoms with van der Waals surface area (Å²) in [6.45, 7) is 0.530. The summed E-state index contributed by atoms with van der Waals surface area (Å²) in [6.07, 6.45) is 4.40. The van der Waals surface area contributed by atoms with Crippen molar-refractivity contribution in [1.82, 2.24) is 15.6 Å². The molecular weight excluding hydrogens is 338 g/mol. The van der Waals surface area contributed by atoms with Crippen LogP contribution in [0.3, 0.4) is 0 Å². The normalized spacial score (nSPS) is 16.6. The molecule has 0 radical (unpaired) electrons. The Labute approximate surface area is 149 Å². The van der Waals surface area contributed by atoms with E-state index in [0.717, 1.165) is 22.9 Å². The maximum Gasteiger partial charge on any atom is 0.286 e. The van der Waals surface area contributed by atoms with Crippen LogP contribution in [0.2, 0.25) is 0 Å². The molecule has 1 aromatic heterocycles. The molecule has 0 bridgehead atoms. The topological polar surface area (TPSA) is 88.2 Å². The largest absolute Gasteiger partial charge is 0.352 e. The fourth-order valence-electron chi connectivity index (χ4n) is 2.50. The number of hydrogen-bond acceptors (Lipinski definition) is 5. The molecule has 25 heavy (non-hydrogen) atoms. The molecule has 3 amide bonds. The molecule has 0 unspecified atom stereocenters. The standard InChI is InChI=1S/C18H17N3O3S/c22-16(14-2-1-8-19-11-14)20-9-7-12-3-5-13(6-4-12)10-15-17(23)21-18(24)25-15/h1-6,8,11,15H,7,9-10H2,(H,20,22)(H,21,23,24)/t15-/m1/s1. The Balaban J connectivity index is 1.47. The number of pyridine rings is 1. The summed E-state index contributed by atoms with van der Waals surface area (Å²) in [5, 5.41) is 4.52. The first-order valence-corrected chi connectivity index (χ1v) is 8.77. The molecule has 2 aromatic rings. The van der Waals surface area contributed by atoms with Gasteiger partial charge in [0.1, 0.15) is 0 Å². The molecule has 6 nitrogen and oxygen atoms in total. The van der Waals surface area contributed by atoms with Crippen molar-refractivity contribution in [2.75, 3.05) is 6.54 Å². The SMILES string of the molecule is O=C1NC(=O)[C@@H](Cc2ccc(CCNC(=O)c3cccnc3)cc2)S1. The second-order valence-electron chi connectivity index (χ2n) is 5.65. The molecule has 128 valence electrons. The Morgan fingerprint density at radius 3 is 2.56 bits per heavy atom. The zero-order valence-corrected chi connectivity index (χ0v) is 14.2. The van der Waals surface area contributed by atoms with Crippen molar-refractivity contribution in [2.45, 2.75) is 18.1 Å². The zero-order chi connectivity index (χ0) is 17.6. The van der Waals surface area contributed by atoms with Crippen molar-refractivity contribution in [2.24, 2.45) is 0 Å². The lowest BCUT2D eigenvalue weighted by molar-refractivity contribution is -0.118. The first-order chi connectivity index (χ1) is 12.1. The molecule has 1 aliphatic rings. The highest BCUT2D eigenvalue weighted by Crippen LogP contribution is 2.23. The lowest BCUT2D eigenvalue weighted by atomic mass is 10.1. The van der Waals surface area contributed by atoms with Crippen LogP contribution in [0.25, 0.3) is 0 Å². The van der Waals surface area contributed by atoms with E-state index in [9.17, 15) is 14.4 Å². The quantitative estimate of drug-likeness (QED) is 0.827. The van der Waals surface area contributed by atoms with Crippen LogP contribution in [0.15, 0.2) is 48.8 Å². The highest BCUT2D eigenvalue weighted by Gasteiger charge is 2.31. The van der Waals surface area contributed by atoms with Gasteiger partial charge >= 0.3 is 0 Å². The van der Waals surface area contributed by atoms with E-state index < -0.39 is 0 Å². The van der Waals surface area contributed by atoms with Crippen LogP contribution in [0, 0.1) is 0 Å². The van der Waals surface area contributed by atoms with E-state index in [1.165, 1.54) is 6.20 Å². The van der Waals surface area contributed by atoms with E-state index in [2.05, 4.69) is 15.6 Å². The third-order valence-electron chi connectivity index (χ3n) is 3.83. The van der Waals surface area contributed by atoms with Crippen LogP contribution in [0.5, 0.6) is 0 Å². The summed E-state index contributed by atoms with van der Waals surface area (Å²) < 4.78 is 0. The number of nitrogens with zero attached hydrogens (tertiary/aromatic N) is 1. The fraction of sp³-hybridized carbons (Fsp3) is 0.222. The summed E-state index contributed by atoms with van der Waals surface area (Å²) in [7, 11) is 0. The van der Waals surface area contributed by atoms with E-state index in [1.807, 2.05) is 24.3 Å². The van der Waals surface area contributed by atoms with Gasteiger partial charge in [-0.3, -0.25) is 24.7 Å². The first kappa shape index (κ1) is 17.2. The van der Waals surface area contributed by atoms with Crippen LogP contribution in [0.1, 0.15) is 21.5 Å². The number of hydrogen-bond donors (Lipinski definition) is 2. The number of carbonyl (C=O) groups is 3. The summed E-state index contributed by atoms with van der Waals surface area (Å²) >= 11 is 1.04. The summed E-state index contributed by atoms with van der Waals surface area (Å²) in [4.78, 5) is 38.6. The van der Waals surface area contributed by atoms with E-state index in [1.54, 1.807) is 18.3 Å². The van der Waals surface area contributed by atoms with Crippen molar-refractivity contribution < 1.29 is 14.4 Å². The van der Waals surface area contributed by atoms with Gasteiger partial charge in [-0.05, 0) is 36.1 Å². The third-order valence-corrected chi connectivity index (χ3v) is 4.82. The molecule has 0 saturated carbocycles. The number of nitrogens with one attached hydrogen (secondary N) is 2. The predicted molar refractivity (Wildman–Crippen MR) is 95.3 cm³/mol. The van der Waals surface area contributed by atoms with Crippen molar-refractivity contribution in [3.05, 3.63) is 65.5 Å². The summed E-state index contributed by atoms with van der Waals surface area (Å²) in [5.74, 6) is -0.365. The number of carbonyl (C=O) groups excluding carboxylic acids is 3. The molecule has 1 saturated heterocycles. The minimum atomic E-state index is -0.350. The van der Waals surface area contributed by atoms with Crippen molar-refractivity contribution in [3.63, 3.8) is 0 Å². The molecule has 3 rings (SSSR count). The van der Waals surface area contributed by atoms with Crippen LogP contribution < -0.4 is 10.6 Å². The van der Waals surface area contributed by atoms with Gasteiger partial charge in [0.15, 0.2) is 0 Å². The molecule has 1 aromatic carbocycles. The number of imide groups is 1. The smallest absolute Gasteiger partial charge is 0.286 e. The molecule has 1 aliphatic heterocycles. The minimum Gasteiger partial charge on any atom is -0.352 e. The Hall–Kier alpha value is -2.67. The van der Waals surface area contributed by atoms with Gasteiger partial charge in [-0.25, -0.2) is 0 Å². The van der Waals surface area contributed by atoms with Gasteiger partial charge in [0, 0.05) is 18.9 Å². The highest BCUT2D eigenvalue weighted by molar-refractivity contribution is 8.15. The molecule has 1 atom stereocenters. The van der Waals surface area contributed by atoms with E-state index in [4.69, 9.17) is 0 Å². The minimum absolute atomic E-state index is 0.140. The molecule has 7 heteroatoms. The first-order valence-electron chi connectivity index (χ1n) is 7.89. The van der Waals surface area contributed by atoms with Crippen LogP contribution in [-0.4, -0.2) is 33.8 Å². The Kier molecular flexibility index (Phi) is 5.45. The van der Waals surface area contributed by atoms with E-state index >= 15 is 0 Å². The maximum absolute atomic E-state index is 11.9. The lowest BCUT2D eigenvalue weighted by Gasteiger charge is -2.08. The van der Waals surface area contributed by atoms with Crippen LogP contribution in [-0.2, 0) is 17.6 Å². The Morgan fingerprint density at radius 1 is 1.16 bits per heavy atom. The van der Waals surface area contributed by atoms with Crippen molar-refractivity contribution in [3.8, 4) is 0 Å². The molecule has 2 N–H and O–H groups in total. The number of thioether (sulfide) groups is 1. The van der Waals surface area contributed by atoms with Gasteiger partial charge in [-0.15, -0.1) is 0 Å². The van der Waals surface area contributed by atoms with Gasteiger partial charge in [-0.2, -0.15) is 0 Å². The molecule has 2 heterocycles. The van der Waals surface area contributed by atoms with E-state index in [0.29, 0.717) is 24.9 Å². The van der Waals surface area contributed by atoms with Gasteiger partial charge in [0.05, 0.1) is 10.8 Å². The Bertz CT molecular complexity index is 778. The number of rotatable bonds is 6. The molecule has 1 fully saturated rings. The lowest BCUT2D eigenvalue weighted by Crippen LogP contribution is -2.26. The predicted octanol–water partition coefficient (Wildman–Crippen LogP) is 1.95. The van der Waals surface area contributed by atoms with Crippen molar-refractivity contribution in [1.29, 1.82) is 0 Å². The molecule has 0 aliphatic carbocycles. The van der Waals surface area contributed by atoms with Crippen LogP contribution in [0.4, 0.5) is 4.79 Å². The van der Waals surface area contributed by atoms with Gasteiger partial charge < -0.3 is 5.32 Å².